The number of halogens is 1. The molecule has 4 nitrogen and oxygen atoms in total. The van der Waals surface area contributed by atoms with Gasteiger partial charge in [0.25, 0.3) is 0 Å². The van der Waals surface area contributed by atoms with Crippen molar-refractivity contribution in [2.75, 3.05) is 11.4 Å². The highest BCUT2D eigenvalue weighted by atomic mass is 35.5. The predicted molar refractivity (Wildman–Crippen MR) is 70.9 cm³/mol. The maximum Gasteiger partial charge on any atom is 0.310 e. The van der Waals surface area contributed by atoms with Crippen LogP contribution in [0.2, 0.25) is 5.02 Å². The molecule has 0 saturated carbocycles. The van der Waals surface area contributed by atoms with Gasteiger partial charge in [0.05, 0.1) is 4.92 Å². The van der Waals surface area contributed by atoms with Crippen LogP contribution >= 0.6 is 11.6 Å². The lowest BCUT2D eigenvalue weighted by molar-refractivity contribution is -0.384. The summed E-state index contributed by atoms with van der Waals surface area (Å²) in [6, 6.07) is 5.29. The molecule has 0 spiro atoms. The average Bonchev–Trinajstić information content (AvgIpc) is 2.29. The van der Waals surface area contributed by atoms with E-state index in [0.717, 1.165) is 13.0 Å². The number of nitrogens with zero attached hydrogens (tertiary/aromatic N) is 2. The van der Waals surface area contributed by atoms with Crippen molar-refractivity contribution < 1.29 is 4.92 Å². The second-order valence-corrected chi connectivity index (χ2v) is 4.32. The number of hydrogen-bond donors (Lipinski definition) is 0. The molecule has 0 bridgehead atoms. The molecule has 1 aromatic carbocycles. The molecule has 1 unspecified atom stereocenters. The van der Waals surface area contributed by atoms with E-state index in [1.807, 2.05) is 18.7 Å². The van der Waals surface area contributed by atoms with Crippen LogP contribution in [0.3, 0.4) is 0 Å². The Morgan fingerprint density at radius 1 is 1.47 bits per heavy atom. The molecule has 1 rings (SSSR count). The number of nitro benzene ring substituents is 1. The summed E-state index contributed by atoms with van der Waals surface area (Å²) in [6.45, 7) is 6.81. The Labute approximate surface area is 106 Å². The Kier molecular flexibility index (Phi) is 4.75. The molecular weight excluding hydrogens is 240 g/mol. The third-order valence-corrected chi connectivity index (χ3v) is 3.23. The smallest absolute Gasteiger partial charge is 0.310 e. The fraction of sp³-hybridized carbons (Fsp3) is 0.500. The first kappa shape index (κ1) is 13.8. The summed E-state index contributed by atoms with van der Waals surface area (Å²) in [5.74, 6) is 0. The van der Waals surface area contributed by atoms with Crippen molar-refractivity contribution in [3.8, 4) is 0 Å². The van der Waals surface area contributed by atoms with E-state index in [2.05, 4.69) is 6.92 Å². The summed E-state index contributed by atoms with van der Waals surface area (Å²) >= 11 is 5.90. The van der Waals surface area contributed by atoms with Gasteiger partial charge in [-0.3, -0.25) is 10.1 Å². The molecule has 0 heterocycles. The van der Waals surface area contributed by atoms with Crippen molar-refractivity contribution in [1.82, 2.24) is 0 Å². The number of benzene rings is 1. The van der Waals surface area contributed by atoms with Crippen LogP contribution < -0.4 is 4.90 Å². The standard InChI is InChI=1S/C12H17ClN2O2/c1-4-9(3)14(5-2)11-8-6-7-10(13)12(11)15(16)17/h6-9H,4-5H2,1-3H3. The Hall–Kier alpha value is -1.29. The predicted octanol–water partition coefficient (Wildman–Crippen LogP) is 3.87. The first-order valence-electron chi connectivity index (χ1n) is 5.72. The molecule has 0 aliphatic heterocycles. The van der Waals surface area contributed by atoms with E-state index in [1.165, 1.54) is 0 Å². The van der Waals surface area contributed by atoms with Crippen LogP contribution in [0.25, 0.3) is 0 Å². The lowest BCUT2D eigenvalue weighted by atomic mass is 10.1. The van der Waals surface area contributed by atoms with Gasteiger partial charge in [0, 0.05) is 12.6 Å². The quantitative estimate of drug-likeness (QED) is 0.593. The van der Waals surface area contributed by atoms with Crippen LogP contribution in [0.15, 0.2) is 18.2 Å². The molecule has 0 aromatic heterocycles. The largest absolute Gasteiger partial charge is 0.364 e. The zero-order valence-electron chi connectivity index (χ0n) is 10.3. The van der Waals surface area contributed by atoms with Crippen molar-refractivity contribution in [2.45, 2.75) is 33.2 Å². The fourth-order valence-corrected chi connectivity index (χ4v) is 2.09. The minimum Gasteiger partial charge on any atom is -0.364 e. The van der Waals surface area contributed by atoms with Gasteiger partial charge < -0.3 is 4.90 Å². The second kappa shape index (κ2) is 5.87. The molecule has 0 amide bonds. The first-order valence-corrected chi connectivity index (χ1v) is 6.10. The maximum absolute atomic E-state index is 11.1. The SMILES string of the molecule is CCC(C)N(CC)c1cccc(Cl)c1[N+](=O)[O-]. The number of anilines is 1. The summed E-state index contributed by atoms with van der Waals surface area (Å²) in [7, 11) is 0. The van der Waals surface area contributed by atoms with Crippen molar-refractivity contribution >= 4 is 23.0 Å². The zero-order valence-corrected chi connectivity index (χ0v) is 11.1. The molecule has 0 aliphatic rings. The van der Waals surface area contributed by atoms with Crippen LogP contribution in [0.1, 0.15) is 27.2 Å². The minimum atomic E-state index is -0.414. The average molecular weight is 257 g/mol. The van der Waals surface area contributed by atoms with Crippen LogP contribution in [0, 0.1) is 10.1 Å². The van der Waals surface area contributed by atoms with E-state index in [9.17, 15) is 10.1 Å². The Bertz CT molecular complexity index is 409. The van der Waals surface area contributed by atoms with Crippen LogP contribution in [0.4, 0.5) is 11.4 Å². The van der Waals surface area contributed by atoms with Gasteiger partial charge in [0.1, 0.15) is 10.7 Å². The van der Waals surface area contributed by atoms with Crippen molar-refractivity contribution in [1.29, 1.82) is 0 Å². The van der Waals surface area contributed by atoms with Gasteiger partial charge in [0.2, 0.25) is 0 Å². The molecule has 94 valence electrons. The summed E-state index contributed by atoms with van der Waals surface area (Å²) in [6.07, 6.45) is 0.928. The topological polar surface area (TPSA) is 46.4 Å². The molecule has 0 aliphatic carbocycles. The monoisotopic (exact) mass is 256 g/mol. The van der Waals surface area contributed by atoms with Gasteiger partial charge in [-0.2, -0.15) is 0 Å². The molecule has 1 aromatic rings. The Balaban J connectivity index is 3.28. The maximum atomic E-state index is 11.1. The normalized spacial score (nSPS) is 12.2. The highest BCUT2D eigenvalue weighted by molar-refractivity contribution is 6.33. The highest BCUT2D eigenvalue weighted by Crippen LogP contribution is 2.36. The first-order chi connectivity index (χ1) is 8.02. The van der Waals surface area contributed by atoms with E-state index in [1.54, 1.807) is 18.2 Å². The summed E-state index contributed by atoms with van der Waals surface area (Å²) in [4.78, 5) is 12.7. The molecule has 0 saturated heterocycles. The van der Waals surface area contributed by atoms with E-state index < -0.39 is 4.92 Å². The molecule has 17 heavy (non-hydrogen) atoms. The lowest BCUT2D eigenvalue weighted by Crippen LogP contribution is -2.32. The van der Waals surface area contributed by atoms with Crippen molar-refractivity contribution in [3.63, 3.8) is 0 Å². The summed E-state index contributed by atoms with van der Waals surface area (Å²) < 4.78 is 0. The van der Waals surface area contributed by atoms with Gasteiger partial charge in [-0.05, 0) is 32.4 Å². The van der Waals surface area contributed by atoms with E-state index in [4.69, 9.17) is 11.6 Å². The van der Waals surface area contributed by atoms with Crippen LogP contribution in [0.5, 0.6) is 0 Å². The Morgan fingerprint density at radius 2 is 2.12 bits per heavy atom. The number of para-hydroxylation sites is 1. The molecule has 0 radical (unpaired) electrons. The summed E-state index contributed by atoms with van der Waals surface area (Å²) in [5, 5.41) is 11.3. The van der Waals surface area contributed by atoms with Crippen molar-refractivity contribution in [2.24, 2.45) is 0 Å². The Morgan fingerprint density at radius 3 is 2.59 bits per heavy atom. The third-order valence-electron chi connectivity index (χ3n) is 2.92. The zero-order chi connectivity index (χ0) is 13.0. The lowest BCUT2D eigenvalue weighted by Gasteiger charge is -2.29. The molecular formula is C12H17ClN2O2. The van der Waals surface area contributed by atoms with Gasteiger partial charge >= 0.3 is 5.69 Å². The number of rotatable bonds is 5. The van der Waals surface area contributed by atoms with Gasteiger partial charge in [-0.1, -0.05) is 24.6 Å². The number of hydrogen-bond acceptors (Lipinski definition) is 3. The van der Waals surface area contributed by atoms with E-state index in [0.29, 0.717) is 5.69 Å². The van der Waals surface area contributed by atoms with Gasteiger partial charge in [0.15, 0.2) is 0 Å². The van der Waals surface area contributed by atoms with Crippen LogP contribution in [-0.4, -0.2) is 17.5 Å². The fourth-order valence-electron chi connectivity index (χ4n) is 1.86. The third kappa shape index (κ3) is 2.88. The summed E-state index contributed by atoms with van der Waals surface area (Å²) in [5.41, 5.74) is 0.593. The second-order valence-electron chi connectivity index (χ2n) is 3.91. The van der Waals surface area contributed by atoms with Gasteiger partial charge in [-0.25, -0.2) is 0 Å². The minimum absolute atomic E-state index is 0.00341. The molecule has 0 N–H and O–H groups in total. The highest BCUT2D eigenvalue weighted by Gasteiger charge is 2.24. The number of nitro groups is 1. The molecule has 0 fully saturated rings. The van der Waals surface area contributed by atoms with E-state index in [-0.39, 0.29) is 16.8 Å². The van der Waals surface area contributed by atoms with Gasteiger partial charge in [-0.15, -0.1) is 0 Å². The van der Waals surface area contributed by atoms with Crippen molar-refractivity contribution in [3.05, 3.63) is 33.3 Å². The van der Waals surface area contributed by atoms with E-state index >= 15 is 0 Å². The van der Waals surface area contributed by atoms with Crippen LogP contribution in [-0.2, 0) is 0 Å². The molecule has 5 heteroatoms. The molecule has 1 atom stereocenters.